The number of nitrogens with one attached hydrogen (secondary N) is 1. The van der Waals surface area contributed by atoms with E-state index in [1.54, 1.807) is 6.07 Å². The van der Waals surface area contributed by atoms with Crippen LogP contribution in [-0.4, -0.2) is 17.4 Å². The van der Waals surface area contributed by atoms with Crippen molar-refractivity contribution in [3.8, 4) is 11.1 Å². The second-order valence-electron chi connectivity index (χ2n) is 6.32. The molecule has 0 aliphatic rings. The number of halogens is 6. The van der Waals surface area contributed by atoms with E-state index in [1.165, 1.54) is 36.5 Å². The van der Waals surface area contributed by atoms with Crippen LogP contribution in [-0.2, 0) is 6.18 Å². The first kappa shape index (κ1) is 21.7. The second kappa shape index (κ2) is 8.79. The Morgan fingerprint density at radius 2 is 1.77 bits per heavy atom. The largest absolute Gasteiger partial charge is 0.417 e. The molecule has 3 nitrogen and oxygen atoms in total. The van der Waals surface area contributed by atoms with Gasteiger partial charge < -0.3 is 5.32 Å². The molecule has 1 atom stereocenters. The topological polar surface area (TPSA) is 42.0 Å². The van der Waals surface area contributed by atoms with Crippen molar-refractivity contribution in [3.63, 3.8) is 0 Å². The van der Waals surface area contributed by atoms with Gasteiger partial charge in [-0.25, -0.2) is 9.37 Å². The van der Waals surface area contributed by atoms with Crippen molar-refractivity contribution in [1.29, 1.82) is 0 Å². The summed E-state index contributed by atoms with van der Waals surface area (Å²) < 4.78 is 67.0. The highest BCUT2D eigenvalue weighted by molar-refractivity contribution is 6.31. The molecule has 0 bridgehead atoms. The standard InChI is InChI=1S/C21H14ClF5N2O/c22-17-9-12(13-7-8-28-19(24)10-13)5-6-15(17)18(23)11-29-20(30)14-3-1-2-4-16(14)21(25,26)27/h1-10,18H,11H2,(H,29,30). The smallest absolute Gasteiger partial charge is 0.349 e. The minimum absolute atomic E-state index is 0.0298. The predicted molar refractivity (Wildman–Crippen MR) is 102 cm³/mol. The summed E-state index contributed by atoms with van der Waals surface area (Å²) in [7, 11) is 0. The normalized spacial score (nSPS) is 12.5. The summed E-state index contributed by atoms with van der Waals surface area (Å²) in [6.07, 6.45) is -5.20. The zero-order chi connectivity index (χ0) is 21.9. The van der Waals surface area contributed by atoms with Gasteiger partial charge >= 0.3 is 6.18 Å². The lowest BCUT2D eigenvalue weighted by Gasteiger charge is -2.15. The third-order valence-corrected chi connectivity index (χ3v) is 4.64. The third-order valence-electron chi connectivity index (χ3n) is 4.32. The zero-order valence-corrected chi connectivity index (χ0v) is 15.9. The molecule has 1 N–H and O–H groups in total. The first-order valence-corrected chi connectivity index (χ1v) is 9.04. The Kier molecular flexibility index (Phi) is 6.36. The number of hydrogen-bond donors (Lipinski definition) is 1. The summed E-state index contributed by atoms with van der Waals surface area (Å²) in [6.45, 7) is -0.575. The van der Waals surface area contributed by atoms with Crippen molar-refractivity contribution in [3.05, 3.63) is 88.5 Å². The van der Waals surface area contributed by atoms with Crippen LogP contribution in [0.5, 0.6) is 0 Å². The van der Waals surface area contributed by atoms with Gasteiger partial charge in [-0.15, -0.1) is 0 Å². The van der Waals surface area contributed by atoms with Crippen molar-refractivity contribution in [2.24, 2.45) is 0 Å². The molecule has 1 aromatic heterocycles. The van der Waals surface area contributed by atoms with Gasteiger partial charge in [0.2, 0.25) is 5.95 Å². The van der Waals surface area contributed by atoms with Gasteiger partial charge in [0, 0.05) is 22.8 Å². The lowest BCUT2D eigenvalue weighted by Crippen LogP contribution is -2.29. The van der Waals surface area contributed by atoms with Crippen molar-refractivity contribution >= 4 is 17.5 Å². The average molecular weight is 441 g/mol. The van der Waals surface area contributed by atoms with Gasteiger partial charge in [0.1, 0.15) is 6.17 Å². The lowest BCUT2D eigenvalue weighted by molar-refractivity contribution is -0.137. The highest BCUT2D eigenvalue weighted by atomic mass is 35.5. The Hall–Kier alpha value is -3.00. The summed E-state index contributed by atoms with van der Waals surface area (Å²) in [5.74, 6) is -1.73. The summed E-state index contributed by atoms with van der Waals surface area (Å²) in [5, 5.41) is 2.19. The van der Waals surface area contributed by atoms with E-state index in [1.807, 2.05) is 0 Å². The summed E-state index contributed by atoms with van der Waals surface area (Å²) in [5.41, 5.74) is -0.647. The maximum absolute atomic E-state index is 14.6. The van der Waals surface area contributed by atoms with Gasteiger partial charge in [0.25, 0.3) is 5.91 Å². The lowest BCUT2D eigenvalue weighted by atomic mass is 10.0. The Labute approximate surface area is 173 Å². The molecule has 0 radical (unpaired) electrons. The molecule has 156 valence electrons. The van der Waals surface area contributed by atoms with Gasteiger partial charge in [-0.1, -0.05) is 35.9 Å². The van der Waals surface area contributed by atoms with Crippen LogP contribution in [0.15, 0.2) is 60.8 Å². The Balaban J connectivity index is 1.73. The van der Waals surface area contributed by atoms with Crippen molar-refractivity contribution in [2.45, 2.75) is 12.3 Å². The number of benzene rings is 2. The molecule has 1 unspecified atom stereocenters. The molecule has 9 heteroatoms. The molecule has 0 spiro atoms. The highest BCUT2D eigenvalue weighted by Crippen LogP contribution is 2.33. The third kappa shape index (κ3) is 4.94. The first-order valence-electron chi connectivity index (χ1n) is 8.66. The number of carbonyl (C=O) groups is 1. The van der Waals surface area contributed by atoms with Crippen LogP contribution in [0.1, 0.15) is 27.7 Å². The van der Waals surface area contributed by atoms with Crippen LogP contribution in [0.2, 0.25) is 5.02 Å². The molecule has 1 amide bonds. The van der Waals surface area contributed by atoms with Crippen LogP contribution >= 0.6 is 11.6 Å². The maximum Gasteiger partial charge on any atom is 0.417 e. The molecule has 0 aliphatic carbocycles. The van der Waals surface area contributed by atoms with Crippen molar-refractivity contribution < 1.29 is 26.7 Å². The molecule has 0 saturated heterocycles. The second-order valence-corrected chi connectivity index (χ2v) is 6.73. The van der Waals surface area contributed by atoms with Gasteiger partial charge in [-0.3, -0.25) is 4.79 Å². The highest BCUT2D eigenvalue weighted by Gasteiger charge is 2.34. The van der Waals surface area contributed by atoms with Crippen LogP contribution < -0.4 is 5.32 Å². The quantitative estimate of drug-likeness (QED) is 0.390. The zero-order valence-electron chi connectivity index (χ0n) is 15.2. The first-order chi connectivity index (χ1) is 14.2. The molecule has 30 heavy (non-hydrogen) atoms. The van der Waals surface area contributed by atoms with Gasteiger partial charge in [-0.2, -0.15) is 17.6 Å². The van der Waals surface area contributed by atoms with E-state index < -0.39 is 41.9 Å². The molecule has 0 aliphatic heterocycles. The minimum atomic E-state index is -4.71. The van der Waals surface area contributed by atoms with Crippen molar-refractivity contribution in [2.75, 3.05) is 6.54 Å². The Morgan fingerprint density at radius 1 is 1.07 bits per heavy atom. The van der Waals surface area contributed by atoms with Crippen molar-refractivity contribution in [1.82, 2.24) is 10.3 Å². The van der Waals surface area contributed by atoms with Crippen LogP contribution in [0.25, 0.3) is 11.1 Å². The van der Waals surface area contributed by atoms with Gasteiger partial charge in [0.05, 0.1) is 17.7 Å². The van der Waals surface area contributed by atoms with Gasteiger partial charge in [-0.05, 0) is 35.4 Å². The molecular weight excluding hydrogens is 427 g/mol. The number of carbonyl (C=O) groups excluding carboxylic acids is 1. The SMILES string of the molecule is O=C(NCC(F)c1ccc(-c2ccnc(F)c2)cc1Cl)c1ccccc1C(F)(F)F. The monoisotopic (exact) mass is 440 g/mol. The number of nitrogens with zero attached hydrogens (tertiary/aromatic N) is 1. The van der Waals surface area contributed by atoms with Gasteiger partial charge in [0.15, 0.2) is 0 Å². The molecular formula is C21H14ClF5N2O. The fourth-order valence-corrected chi connectivity index (χ4v) is 3.16. The molecule has 0 fully saturated rings. The summed E-state index contributed by atoms with van der Waals surface area (Å²) in [6, 6.07) is 11.3. The van der Waals surface area contributed by atoms with E-state index in [-0.39, 0.29) is 10.6 Å². The molecule has 2 aromatic carbocycles. The predicted octanol–water partition coefficient (Wildman–Crippen LogP) is 6.00. The van der Waals surface area contributed by atoms with E-state index in [9.17, 15) is 26.7 Å². The maximum atomic E-state index is 14.6. The van der Waals surface area contributed by atoms with Crippen LogP contribution in [0, 0.1) is 5.95 Å². The van der Waals surface area contributed by atoms with E-state index in [2.05, 4.69) is 10.3 Å². The molecule has 1 heterocycles. The van der Waals surface area contributed by atoms with E-state index in [0.29, 0.717) is 11.1 Å². The average Bonchev–Trinajstić information content (AvgIpc) is 2.71. The molecule has 0 saturated carbocycles. The van der Waals surface area contributed by atoms with E-state index >= 15 is 0 Å². The number of pyridine rings is 1. The van der Waals surface area contributed by atoms with E-state index in [0.717, 1.165) is 18.2 Å². The fourth-order valence-electron chi connectivity index (χ4n) is 2.86. The van der Waals surface area contributed by atoms with E-state index in [4.69, 9.17) is 11.6 Å². The number of amides is 1. The Morgan fingerprint density at radius 3 is 2.43 bits per heavy atom. The fraction of sp³-hybridized carbons (Fsp3) is 0.143. The van der Waals surface area contributed by atoms with Crippen LogP contribution in [0.3, 0.4) is 0 Å². The Bertz CT molecular complexity index is 1070. The number of alkyl halides is 4. The van der Waals surface area contributed by atoms with Crippen LogP contribution in [0.4, 0.5) is 22.0 Å². The summed E-state index contributed by atoms with van der Waals surface area (Å²) in [4.78, 5) is 15.6. The summed E-state index contributed by atoms with van der Waals surface area (Å²) >= 11 is 6.12. The molecule has 3 aromatic rings. The number of aromatic nitrogens is 1. The minimum Gasteiger partial charge on any atom is -0.349 e. The number of rotatable bonds is 5. The molecule has 3 rings (SSSR count). The number of hydrogen-bond acceptors (Lipinski definition) is 2.